The summed E-state index contributed by atoms with van der Waals surface area (Å²) in [6.45, 7) is 5.07. The lowest BCUT2D eigenvalue weighted by Gasteiger charge is -2.30. The lowest BCUT2D eigenvalue weighted by molar-refractivity contribution is -0.890. The SMILES string of the molecule is CCCCCCCCCCCCCCCCCC[N+](C)(C)CCCCCCCCCCCCCCCCCCCc1ccccc1.[Cl-]. The van der Waals surface area contributed by atoms with Gasteiger partial charge in [0, 0.05) is 0 Å². The van der Waals surface area contributed by atoms with Crippen molar-refractivity contribution in [2.75, 3.05) is 27.2 Å². The van der Waals surface area contributed by atoms with Gasteiger partial charge in [0.15, 0.2) is 0 Å². The fraction of sp³-hybridized carbons (Fsp3) is 0.867. The summed E-state index contributed by atoms with van der Waals surface area (Å²) in [5.74, 6) is 0. The molecule has 1 nitrogen and oxygen atoms in total. The third-order valence-electron chi connectivity index (χ3n) is 10.7. The lowest BCUT2D eigenvalue weighted by Crippen LogP contribution is -3.00. The molecule has 1 rings (SSSR count). The molecule has 0 spiro atoms. The first kappa shape index (κ1) is 46.5. The van der Waals surface area contributed by atoms with Gasteiger partial charge in [-0.25, -0.2) is 0 Å². The van der Waals surface area contributed by atoms with Crippen molar-refractivity contribution in [3.63, 3.8) is 0 Å². The Balaban J connectivity index is 0.0000212. The van der Waals surface area contributed by atoms with Crippen molar-refractivity contribution in [3.05, 3.63) is 35.9 Å². The number of hydrogen-bond donors (Lipinski definition) is 0. The van der Waals surface area contributed by atoms with Gasteiger partial charge in [-0.15, -0.1) is 0 Å². The summed E-state index contributed by atoms with van der Waals surface area (Å²) in [5, 5.41) is 0. The van der Waals surface area contributed by atoms with Gasteiger partial charge in [0.25, 0.3) is 0 Å². The van der Waals surface area contributed by atoms with E-state index in [9.17, 15) is 0 Å². The topological polar surface area (TPSA) is 0 Å². The molecule has 0 fully saturated rings. The fourth-order valence-corrected chi connectivity index (χ4v) is 7.37. The van der Waals surface area contributed by atoms with E-state index >= 15 is 0 Å². The zero-order valence-electron chi connectivity index (χ0n) is 32.7. The Kier molecular flexibility index (Phi) is 36.3. The summed E-state index contributed by atoms with van der Waals surface area (Å²) in [6, 6.07) is 11.0. The molecule has 0 aliphatic heterocycles. The van der Waals surface area contributed by atoms with E-state index in [0.717, 1.165) is 0 Å². The van der Waals surface area contributed by atoms with Crippen LogP contribution < -0.4 is 12.4 Å². The fourth-order valence-electron chi connectivity index (χ4n) is 7.37. The van der Waals surface area contributed by atoms with Gasteiger partial charge in [-0.2, -0.15) is 0 Å². The van der Waals surface area contributed by atoms with E-state index in [2.05, 4.69) is 51.4 Å². The van der Waals surface area contributed by atoms with E-state index in [-0.39, 0.29) is 12.4 Å². The Morgan fingerprint density at radius 3 is 0.894 bits per heavy atom. The van der Waals surface area contributed by atoms with Crippen LogP contribution in [0.5, 0.6) is 0 Å². The second-order valence-electron chi connectivity index (χ2n) is 15.9. The molecule has 0 aromatic heterocycles. The summed E-state index contributed by atoms with van der Waals surface area (Å²) >= 11 is 0. The summed E-state index contributed by atoms with van der Waals surface area (Å²) < 4.78 is 1.24. The molecule has 47 heavy (non-hydrogen) atoms. The summed E-state index contributed by atoms with van der Waals surface area (Å²) in [7, 11) is 4.94. The molecular weight excluding hydrogens is 590 g/mol. The Hall–Kier alpha value is -0.530. The second-order valence-corrected chi connectivity index (χ2v) is 15.9. The highest BCUT2D eigenvalue weighted by Gasteiger charge is 2.13. The number of unbranched alkanes of at least 4 members (excludes halogenated alkanes) is 31. The van der Waals surface area contributed by atoms with E-state index < -0.39 is 0 Å². The van der Waals surface area contributed by atoms with Crippen molar-refractivity contribution in [2.24, 2.45) is 0 Å². The number of aryl methyl sites for hydroxylation is 1. The largest absolute Gasteiger partial charge is 1.00 e. The van der Waals surface area contributed by atoms with Gasteiger partial charge in [0.05, 0.1) is 27.2 Å². The number of nitrogens with zero attached hydrogens (tertiary/aromatic N) is 1. The van der Waals surface area contributed by atoms with Crippen LogP contribution in [0.4, 0.5) is 0 Å². The average molecular weight is 677 g/mol. The predicted molar refractivity (Wildman–Crippen MR) is 210 cm³/mol. The number of halogens is 1. The summed E-state index contributed by atoms with van der Waals surface area (Å²) in [4.78, 5) is 0. The van der Waals surface area contributed by atoms with Gasteiger partial charge >= 0.3 is 0 Å². The minimum Gasteiger partial charge on any atom is -1.00 e. The van der Waals surface area contributed by atoms with E-state index in [4.69, 9.17) is 0 Å². The zero-order valence-corrected chi connectivity index (χ0v) is 33.4. The van der Waals surface area contributed by atoms with E-state index in [1.165, 1.54) is 241 Å². The van der Waals surface area contributed by atoms with Gasteiger partial charge in [0.1, 0.15) is 0 Å². The molecular formula is C45H86ClN. The molecule has 0 saturated heterocycles. The number of hydrogen-bond acceptors (Lipinski definition) is 0. The number of benzene rings is 1. The molecule has 1 aromatic rings. The van der Waals surface area contributed by atoms with Crippen LogP contribution in [0.15, 0.2) is 30.3 Å². The van der Waals surface area contributed by atoms with Crippen LogP contribution in [0.2, 0.25) is 0 Å². The molecule has 0 radical (unpaired) electrons. The van der Waals surface area contributed by atoms with Crippen molar-refractivity contribution in [2.45, 2.75) is 225 Å². The third kappa shape index (κ3) is 35.1. The Morgan fingerprint density at radius 1 is 0.340 bits per heavy atom. The highest BCUT2D eigenvalue weighted by molar-refractivity contribution is 5.14. The molecule has 278 valence electrons. The second kappa shape index (κ2) is 36.7. The molecule has 0 aliphatic carbocycles. The van der Waals surface area contributed by atoms with Crippen LogP contribution in [0.1, 0.15) is 224 Å². The first-order valence-corrected chi connectivity index (χ1v) is 21.5. The first-order chi connectivity index (χ1) is 22.6. The Morgan fingerprint density at radius 2 is 0.596 bits per heavy atom. The van der Waals surface area contributed by atoms with Crippen LogP contribution in [0.3, 0.4) is 0 Å². The normalized spacial score (nSPS) is 11.6. The van der Waals surface area contributed by atoms with E-state index in [1.807, 2.05) is 0 Å². The summed E-state index contributed by atoms with van der Waals surface area (Å²) in [6.07, 6.45) is 49.4. The van der Waals surface area contributed by atoms with E-state index in [0.29, 0.717) is 0 Å². The minimum absolute atomic E-state index is 0. The van der Waals surface area contributed by atoms with Crippen molar-refractivity contribution in [3.8, 4) is 0 Å². The van der Waals surface area contributed by atoms with Crippen molar-refractivity contribution >= 4 is 0 Å². The van der Waals surface area contributed by atoms with Gasteiger partial charge < -0.3 is 16.9 Å². The van der Waals surface area contributed by atoms with Crippen LogP contribution in [0, 0.1) is 0 Å². The lowest BCUT2D eigenvalue weighted by atomic mass is 10.0. The molecule has 0 atom stereocenters. The van der Waals surface area contributed by atoms with Gasteiger partial charge in [-0.3, -0.25) is 0 Å². The Bertz CT molecular complexity index is 701. The molecule has 0 heterocycles. The molecule has 2 heteroatoms. The predicted octanol–water partition coefficient (Wildman–Crippen LogP) is 12.2. The highest BCUT2D eigenvalue weighted by atomic mass is 35.5. The molecule has 0 bridgehead atoms. The van der Waals surface area contributed by atoms with Gasteiger partial charge in [-0.1, -0.05) is 217 Å². The maximum atomic E-state index is 2.47. The minimum atomic E-state index is 0. The smallest absolute Gasteiger partial charge is 0.0782 e. The molecule has 0 aliphatic rings. The molecule has 0 saturated carbocycles. The third-order valence-corrected chi connectivity index (χ3v) is 10.7. The summed E-state index contributed by atoms with van der Waals surface area (Å²) in [5.41, 5.74) is 1.51. The van der Waals surface area contributed by atoms with Crippen LogP contribution in [0.25, 0.3) is 0 Å². The molecule has 0 unspecified atom stereocenters. The quantitative estimate of drug-likeness (QED) is 0.0486. The maximum absolute atomic E-state index is 2.47. The first-order valence-electron chi connectivity index (χ1n) is 21.5. The van der Waals surface area contributed by atoms with Crippen molar-refractivity contribution in [1.82, 2.24) is 0 Å². The number of quaternary nitrogens is 1. The molecule has 0 amide bonds. The van der Waals surface area contributed by atoms with Crippen LogP contribution in [-0.4, -0.2) is 31.7 Å². The monoisotopic (exact) mass is 676 g/mol. The van der Waals surface area contributed by atoms with Crippen molar-refractivity contribution in [1.29, 1.82) is 0 Å². The average Bonchev–Trinajstić information content (AvgIpc) is 3.06. The van der Waals surface area contributed by atoms with E-state index in [1.54, 1.807) is 0 Å². The van der Waals surface area contributed by atoms with Crippen LogP contribution >= 0.6 is 0 Å². The maximum Gasteiger partial charge on any atom is 0.0782 e. The number of rotatable bonds is 37. The Labute approximate surface area is 304 Å². The standard InChI is InChI=1S/C45H86N.ClH/c1-4-5-6-7-8-9-10-11-12-17-20-23-26-29-32-38-43-46(2,3)44-39-33-30-27-24-21-18-15-13-14-16-19-22-25-28-31-35-40-45-41-36-34-37-42-45;/h34,36-37,41-42H,4-33,35,38-40,43-44H2,1-3H3;1H/q+1;/p-1. The molecule has 1 aromatic carbocycles. The van der Waals surface area contributed by atoms with Crippen molar-refractivity contribution < 1.29 is 16.9 Å². The zero-order chi connectivity index (χ0) is 33.1. The van der Waals surface area contributed by atoms with Gasteiger partial charge in [-0.05, 0) is 44.1 Å². The van der Waals surface area contributed by atoms with Gasteiger partial charge in [0.2, 0.25) is 0 Å². The van der Waals surface area contributed by atoms with Crippen LogP contribution in [-0.2, 0) is 6.42 Å². The highest BCUT2D eigenvalue weighted by Crippen LogP contribution is 2.17. The molecule has 0 N–H and O–H groups in total.